The number of nitriles is 1. The summed E-state index contributed by atoms with van der Waals surface area (Å²) in [5, 5.41) is 12.7. The Morgan fingerprint density at radius 3 is 2.48 bits per heavy atom. The summed E-state index contributed by atoms with van der Waals surface area (Å²) in [6.07, 6.45) is 4.63. The molecule has 2 aliphatic rings. The van der Waals surface area contributed by atoms with Crippen LogP contribution in [0.1, 0.15) is 36.8 Å². The zero-order valence-corrected chi connectivity index (χ0v) is 14.2. The van der Waals surface area contributed by atoms with Gasteiger partial charge in [0.05, 0.1) is 11.3 Å². The number of hydrogen-bond donors (Lipinski definition) is 1. The van der Waals surface area contributed by atoms with E-state index in [1.807, 2.05) is 0 Å². The quantitative estimate of drug-likeness (QED) is 0.905. The number of rotatable bonds is 4. The Kier molecular flexibility index (Phi) is 4.42. The van der Waals surface area contributed by atoms with Crippen molar-refractivity contribution in [3.05, 3.63) is 65.5 Å². The number of nitrogens with zero attached hydrogens (tertiary/aromatic N) is 2. The molecule has 4 heteroatoms. The van der Waals surface area contributed by atoms with Crippen molar-refractivity contribution in [1.29, 1.82) is 5.26 Å². The third kappa shape index (κ3) is 3.38. The van der Waals surface area contributed by atoms with E-state index in [0.29, 0.717) is 23.7 Å². The standard InChI is InChI=1S/C21H22FN3/c22-17-6-9-21(16(10-17)13-23)24-18-11-19-7-8-20(12-18)25(19)14-15-4-2-1-3-5-15/h1-6,9-10,18-20,24H,7-8,11-12,14H2. The number of halogens is 1. The summed E-state index contributed by atoms with van der Waals surface area (Å²) in [5.74, 6) is -0.361. The van der Waals surface area contributed by atoms with Crippen LogP contribution in [-0.2, 0) is 6.54 Å². The highest BCUT2D eigenvalue weighted by Crippen LogP contribution is 2.38. The van der Waals surface area contributed by atoms with Crippen molar-refractivity contribution < 1.29 is 4.39 Å². The van der Waals surface area contributed by atoms with E-state index in [1.165, 1.54) is 30.5 Å². The Labute approximate surface area is 148 Å². The van der Waals surface area contributed by atoms with Crippen molar-refractivity contribution in [2.24, 2.45) is 0 Å². The molecule has 0 aliphatic carbocycles. The molecule has 2 aliphatic heterocycles. The first-order valence-corrected chi connectivity index (χ1v) is 8.99. The topological polar surface area (TPSA) is 39.1 Å². The zero-order valence-electron chi connectivity index (χ0n) is 14.2. The number of hydrogen-bond acceptors (Lipinski definition) is 3. The second-order valence-electron chi connectivity index (χ2n) is 7.16. The summed E-state index contributed by atoms with van der Waals surface area (Å²) in [4.78, 5) is 2.64. The molecule has 0 aromatic heterocycles. The Morgan fingerprint density at radius 1 is 1.08 bits per heavy atom. The molecule has 0 amide bonds. The molecule has 2 heterocycles. The molecule has 2 saturated heterocycles. The lowest BCUT2D eigenvalue weighted by molar-refractivity contribution is 0.124. The first-order valence-electron chi connectivity index (χ1n) is 8.99. The third-order valence-corrected chi connectivity index (χ3v) is 5.55. The normalized spacial score (nSPS) is 25.5. The third-order valence-electron chi connectivity index (χ3n) is 5.55. The summed E-state index contributed by atoms with van der Waals surface area (Å²) in [7, 11) is 0. The van der Waals surface area contributed by atoms with Gasteiger partial charge in [-0.05, 0) is 49.4 Å². The number of fused-ring (bicyclic) bond motifs is 2. The minimum atomic E-state index is -0.361. The van der Waals surface area contributed by atoms with Crippen LogP contribution in [-0.4, -0.2) is 23.0 Å². The van der Waals surface area contributed by atoms with Crippen molar-refractivity contribution in [3.8, 4) is 6.07 Å². The summed E-state index contributed by atoms with van der Waals surface area (Å²) in [5.41, 5.74) is 2.51. The largest absolute Gasteiger partial charge is 0.381 e. The van der Waals surface area contributed by atoms with Gasteiger partial charge >= 0.3 is 0 Å². The molecule has 1 N–H and O–H groups in total. The predicted molar refractivity (Wildman–Crippen MR) is 96.6 cm³/mol. The lowest BCUT2D eigenvalue weighted by Crippen LogP contribution is -2.46. The highest BCUT2D eigenvalue weighted by atomic mass is 19.1. The smallest absolute Gasteiger partial charge is 0.124 e. The first kappa shape index (κ1) is 16.1. The monoisotopic (exact) mass is 335 g/mol. The van der Waals surface area contributed by atoms with E-state index < -0.39 is 0 Å². The fraction of sp³-hybridized carbons (Fsp3) is 0.381. The van der Waals surface area contributed by atoms with Gasteiger partial charge in [-0.1, -0.05) is 30.3 Å². The van der Waals surface area contributed by atoms with Gasteiger partial charge in [-0.25, -0.2) is 4.39 Å². The fourth-order valence-corrected chi connectivity index (χ4v) is 4.40. The minimum absolute atomic E-state index is 0.349. The van der Waals surface area contributed by atoms with E-state index in [1.54, 1.807) is 6.07 Å². The van der Waals surface area contributed by atoms with Gasteiger partial charge in [-0.3, -0.25) is 4.90 Å². The van der Waals surface area contributed by atoms with Crippen molar-refractivity contribution in [1.82, 2.24) is 4.90 Å². The molecule has 2 fully saturated rings. The van der Waals surface area contributed by atoms with Crippen LogP contribution in [0.15, 0.2) is 48.5 Å². The molecule has 2 aromatic carbocycles. The molecule has 0 saturated carbocycles. The fourth-order valence-electron chi connectivity index (χ4n) is 4.40. The van der Waals surface area contributed by atoms with E-state index in [-0.39, 0.29) is 5.82 Å². The van der Waals surface area contributed by atoms with Gasteiger partial charge < -0.3 is 5.32 Å². The van der Waals surface area contributed by atoms with Gasteiger partial charge in [0, 0.05) is 24.7 Å². The van der Waals surface area contributed by atoms with Crippen molar-refractivity contribution in [3.63, 3.8) is 0 Å². The van der Waals surface area contributed by atoms with Crippen LogP contribution >= 0.6 is 0 Å². The van der Waals surface area contributed by atoms with Crippen molar-refractivity contribution in [2.75, 3.05) is 5.32 Å². The second-order valence-corrected chi connectivity index (χ2v) is 7.16. The maximum absolute atomic E-state index is 13.3. The highest BCUT2D eigenvalue weighted by molar-refractivity contribution is 5.58. The molecule has 0 radical (unpaired) electrons. The molecular formula is C21H22FN3. The molecule has 2 bridgehead atoms. The molecule has 3 nitrogen and oxygen atoms in total. The average Bonchev–Trinajstić information content (AvgIpc) is 2.86. The van der Waals surface area contributed by atoms with Crippen LogP contribution in [0.5, 0.6) is 0 Å². The number of piperidine rings is 1. The summed E-state index contributed by atoms with van der Waals surface area (Å²) < 4.78 is 13.3. The summed E-state index contributed by atoms with van der Waals surface area (Å²) in [6, 6.07) is 18.7. The number of nitrogens with one attached hydrogen (secondary N) is 1. The minimum Gasteiger partial charge on any atom is -0.381 e. The lowest BCUT2D eigenvalue weighted by Gasteiger charge is -2.39. The van der Waals surface area contributed by atoms with E-state index in [0.717, 1.165) is 25.1 Å². The van der Waals surface area contributed by atoms with Gasteiger partial charge in [0.15, 0.2) is 0 Å². The van der Waals surface area contributed by atoms with Gasteiger partial charge in [-0.2, -0.15) is 5.26 Å². The SMILES string of the molecule is N#Cc1cc(F)ccc1NC1CC2CCC(C1)N2Cc1ccccc1. The lowest BCUT2D eigenvalue weighted by atomic mass is 9.96. The van der Waals surface area contributed by atoms with E-state index in [4.69, 9.17) is 0 Å². The summed E-state index contributed by atoms with van der Waals surface area (Å²) >= 11 is 0. The van der Waals surface area contributed by atoms with Crippen LogP contribution < -0.4 is 5.32 Å². The molecule has 2 unspecified atom stereocenters. The second kappa shape index (κ2) is 6.85. The molecular weight excluding hydrogens is 313 g/mol. The van der Waals surface area contributed by atoms with Crippen LogP contribution in [0.2, 0.25) is 0 Å². The molecule has 25 heavy (non-hydrogen) atoms. The van der Waals surface area contributed by atoms with Gasteiger partial charge in [0.1, 0.15) is 11.9 Å². The molecule has 4 rings (SSSR count). The number of benzene rings is 2. The van der Waals surface area contributed by atoms with E-state index >= 15 is 0 Å². The zero-order chi connectivity index (χ0) is 17.2. The molecule has 128 valence electrons. The van der Waals surface area contributed by atoms with E-state index in [9.17, 15) is 9.65 Å². The predicted octanol–water partition coefficient (Wildman–Crippen LogP) is 4.30. The Hall–Kier alpha value is -2.38. The van der Waals surface area contributed by atoms with Gasteiger partial charge in [0.25, 0.3) is 0 Å². The maximum atomic E-state index is 13.3. The van der Waals surface area contributed by atoms with Crippen molar-refractivity contribution >= 4 is 5.69 Å². The van der Waals surface area contributed by atoms with Crippen LogP contribution in [0.25, 0.3) is 0 Å². The summed E-state index contributed by atoms with van der Waals surface area (Å²) in [6.45, 7) is 1.02. The number of anilines is 1. The molecule has 2 atom stereocenters. The van der Waals surface area contributed by atoms with Crippen LogP contribution in [0.4, 0.5) is 10.1 Å². The maximum Gasteiger partial charge on any atom is 0.124 e. The highest BCUT2D eigenvalue weighted by Gasteiger charge is 2.40. The van der Waals surface area contributed by atoms with E-state index in [2.05, 4.69) is 46.6 Å². The van der Waals surface area contributed by atoms with Crippen molar-refractivity contribution in [2.45, 2.75) is 50.4 Å². The van der Waals surface area contributed by atoms with Crippen LogP contribution in [0.3, 0.4) is 0 Å². The van der Waals surface area contributed by atoms with Gasteiger partial charge in [-0.15, -0.1) is 0 Å². The Balaban J connectivity index is 1.44. The molecule has 0 spiro atoms. The first-order chi connectivity index (χ1) is 12.2. The molecule has 2 aromatic rings. The van der Waals surface area contributed by atoms with Crippen LogP contribution in [0, 0.1) is 17.1 Å². The van der Waals surface area contributed by atoms with Gasteiger partial charge in [0.2, 0.25) is 0 Å². The average molecular weight is 335 g/mol. The Bertz CT molecular complexity index is 769. The Morgan fingerprint density at radius 2 is 1.80 bits per heavy atom.